The standard InChI is InChI=1S/C10H8NO2S2/c11-15(12,13)10-6-8-4-2-1-3-7(8)5-9(10)14/h1-6H,(H2,11,12,13). The predicted octanol–water partition coefficient (Wildman–Crippen LogP) is 2.04. The van der Waals surface area contributed by atoms with E-state index in [1.807, 2.05) is 24.3 Å². The molecule has 2 rings (SSSR count). The lowest BCUT2D eigenvalue weighted by Gasteiger charge is -2.04. The highest BCUT2D eigenvalue weighted by atomic mass is 32.2. The number of nitrogens with two attached hydrogens (primary N) is 1. The zero-order chi connectivity index (χ0) is 11.1. The van der Waals surface area contributed by atoms with Crippen LogP contribution in [0.3, 0.4) is 0 Å². The Kier molecular flexibility index (Phi) is 2.38. The van der Waals surface area contributed by atoms with Crippen LogP contribution in [-0.4, -0.2) is 8.42 Å². The molecule has 5 heteroatoms. The van der Waals surface area contributed by atoms with E-state index in [2.05, 4.69) is 0 Å². The van der Waals surface area contributed by atoms with Crippen molar-refractivity contribution in [3.05, 3.63) is 36.4 Å². The summed E-state index contributed by atoms with van der Waals surface area (Å²) in [5.41, 5.74) is 0. The predicted molar refractivity (Wildman–Crippen MR) is 61.2 cm³/mol. The first-order chi connectivity index (χ1) is 6.98. The summed E-state index contributed by atoms with van der Waals surface area (Å²) in [7, 11) is -3.73. The number of hydrogen-bond acceptors (Lipinski definition) is 2. The van der Waals surface area contributed by atoms with Crippen molar-refractivity contribution in [1.29, 1.82) is 0 Å². The summed E-state index contributed by atoms with van der Waals surface area (Å²) in [5.74, 6) is 0. The van der Waals surface area contributed by atoms with Gasteiger partial charge in [-0.1, -0.05) is 36.9 Å². The van der Waals surface area contributed by atoms with Gasteiger partial charge in [-0.15, -0.1) is 0 Å². The second-order valence-electron chi connectivity index (χ2n) is 3.19. The van der Waals surface area contributed by atoms with Gasteiger partial charge in [0.2, 0.25) is 10.0 Å². The second kappa shape index (κ2) is 3.44. The van der Waals surface area contributed by atoms with Crippen molar-refractivity contribution < 1.29 is 8.42 Å². The first-order valence-electron chi connectivity index (χ1n) is 4.21. The average molecular weight is 238 g/mol. The van der Waals surface area contributed by atoms with Gasteiger partial charge >= 0.3 is 0 Å². The van der Waals surface area contributed by atoms with Gasteiger partial charge in [-0.25, -0.2) is 13.6 Å². The van der Waals surface area contributed by atoms with Crippen molar-refractivity contribution in [2.75, 3.05) is 0 Å². The molecule has 0 aliphatic carbocycles. The van der Waals surface area contributed by atoms with Crippen molar-refractivity contribution in [1.82, 2.24) is 0 Å². The molecular formula is C10H8NO2S2. The van der Waals surface area contributed by atoms with E-state index < -0.39 is 10.0 Å². The number of fused-ring (bicyclic) bond motifs is 1. The Morgan fingerprint density at radius 1 is 1.07 bits per heavy atom. The fourth-order valence-electron chi connectivity index (χ4n) is 1.42. The summed E-state index contributed by atoms with van der Waals surface area (Å²) >= 11 is 4.97. The van der Waals surface area contributed by atoms with E-state index in [9.17, 15) is 8.42 Å². The van der Waals surface area contributed by atoms with Crippen molar-refractivity contribution in [2.45, 2.75) is 9.79 Å². The van der Waals surface area contributed by atoms with Gasteiger partial charge in [0.1, 0.15) is 4.90 Å². The van der Waals surface area contributed by atoms with Crippen LogP contribution in [0.5, 0.6) is 0 Å². The van der Waals surface area contributed by atoms with E-state index in [0.717, 1.165) is 10.8 Å². The van der Waals surface area contributed by atoms with Crippen LogP contribution >= 0.6 is 12.6 Å². The fourth-order valence-corrected chi connectivity index (χ4v) is 2.59. The molecule has 2 N–H and O–H groups in total. The highest BCUT2D eigenvalue weighted by Crippen LogP contribution is 2.25. The molecule has 0 aliphatic rings. The molecule has 0 bridgehead atoms. The number of benzene rings is 2. The normalized spacial score (nSPS) is 11.8. The molecule has 2 aromatic carbocycles. The minimum absolute atomic E-state index is 0.0104. The lowest BCUT2D eigenvalue weighted by atomic mass is 10.1. The maximum Gasteiger partial charge on any atom is 0.239 e. The molecule has 0 aromatic heterocycles. The largest absolute Gasteiger partial charge is 0.239 e. The van der Waals surface area contributed by atoms with Crippen LogP contribution in [0.1, 0.15) is 0 Å². The quantitative estimate of drug-likeness (QED) is 0.826. The summed E-state index contributed by atoms with van der Waals surface area (Å²) < 4.78 is 22.4. The van der Waals surface area contributed by atoms with Crippen LogP contribution in [0, 0.1) is 0 Å². The molecule has 0 fully saturated rings. The Labute approximate surface area is 93.4 Å². The van der Waals surface area contributed by atoms with E-state index in [4.69, 9.17) is 17.8 Å². The summed E-state index contributed by atoms with van der Waals surface area (Å²) in [6, 6.07) is 10.5. The van der Waals surface area contributed by atoms with Crippen molar-refractivity contribution in [2.24, 2.45) is 5.14 Å². The Balaban J connectivity index is 2.84. The minimum atomic E-state index is -3.73. The van der Waals surface area contributed by atoms with Crippen LogP contribution in [0.2, 0.25) is 0 Å². The lowest BCUT2D eigenvalue weighted by molar-refractivity contribution is 0.596. The van der Waals surface area contributed by atoms with Crippen LogP contribution in [0.25, 0.3) is 10.8 Å². The first kappa shape index (κ1) is 10.4. The smallest absolute Gasteiger partial charge is 0.225 e. The summed E-state index contributed by atoms with van der Waals surface area (Å²) in [5, 5.41) is 6.78. The molecule has 0 aliphatic heterocycles. The SMILES string of the molecule is NS(=O)(=O)c1cc2ccccc2cc1[S]. The molecule has 77 valence electrons. The monoisotopic (exact) mass is 238 g/mol. The maximum atomic E-state index is 11.2. The minimum Gasteiger partial charge on any atom is -0.225 e. The highest BCUT2D eigenvalue weighted by Gasteiger charge is 2.13. The van der Waals surface area contributed by atoms with E-state index >= 15 is 0 Å². The molecule has 3 nitrogen and oxygen atoms in total. The molecule has 0 unspecified atom stereocenters. The molecule has 0 spiro atoms. The van der Waals surface area contributed by atoms with E-state index in [0.29, 0.717) is 0 Å². The first-order valence-corrected chi connectivity index (χ1v) is 6.16. The zero-order valence-corrected chi connectivity index (χ0v) is 9.31. The van der Waals surface area contributed by atoms with Gasteiger partial charge in [-0.05, 0) is 22.9 Å². The second-order valence-corrected chi connectivity index (χ2v) is 5.16. The van der Waals surface area contributed by atoms with Gasteiger partial charge in [0.15, 0.2) is 0 Å². The van der Waals surface area contributed by atoms with Gasteiger partial charge in [0.25, 0.3) is 0 Å². The fraction of sp³-hybridized carbons (Fsp3) is 0. The Morgan fingerprint density at radius 3 is 2.13 bits per heavy atom. The number of hydrogen-bond donors (Lipinski definition) is 1. The molecular weight excluding hydrogens is 230 g/mol. The number of rotatable bonds is 1. The van der Waals surface area contributed by atoms with Gasteiger partial charge in [0.05, 0.1) is 4.90 Å². The summed E-state index contributed by atoms with van der Waals surface area (Å²) in [6.07, 6.45) is 0. The molecule has 0 atom stereocenters. The third kappa shape index (κ3) is 1.94. The van der Waals surface area contributed by atoms with E-state index in [1.165, 1.54) is 6.07 Å². The molecule has 0 saturated heterocycles. The maximum absolute atomic E-state index is 11.2. The van der Waals surface area contributed by atoms with E-state index in [1.54, 1.807) is 6.07 Å². The van der Waals surface area contributed by atoms with Gasteiger partial charge in [-0.2, -0.15) is 0 Å². The molecule has 0 heterocycles. The topological polar surface area (TPSA) is 60.2 Å². The Bertz CT molecular complexity index is 620. The molecule has 0 saturated carbocycles. The van der Waals surface area contributed by atoms with Crippen molar-refractivity contribution in [3.8, 4) is 0 Å². The third-order valence-corrected chi connectivity index (χ3v) is 3.54. The summed E-state index contributed by atoms with van der Waals surface area (Å²) in [6.45, 7) is 0. The average Bonchev–Trinajstić information content (AvgIpc) is 2.15. The van der Waals surface area contributed by atoms with Crippen molar-refractivity contribution in [3.63, 3.8) is 0 Å². The Morgan fingerprint density at radius 2 is 1.60 bits per heavy atom. The van der Waals surface area contributed by atoms with Gasteiger partial charge in [0, 0.05) is 0 Å². The van der Waals surface area contributed by atoms with Crippen LogP contribution in [0.15, 0.2) is 46.2 Å². The molecule has 2 aromatic rings. The van der Waals surface area contributed by atoms with Gasteiger partial charge in [-0.3, -0.25) is 0 Å². The molecule has 1 radical (unpaired) electrons. The zero-order valence-electron chi connectivity index (χ0n) is 7.67. The molecule has 0 amide bonds. The highest BCUT2D eigenvalue weighted by molar-refractivity contribution is 7.90. The number of primary sulfonamides is 1. The number of sulfonamides is 1. The third-order valence-electron chi connectivity index (χ3n) is 2.12. The van der Waals surface area contributed by atoms with Crippen molar-refractivity contribution >= 4 is 33.4 Å². The lowest BCUT2D eigenvalue weighted by Crippen LogP contribution is -2.12. The van der Waals surface area contributed by atoms with Crippen LogP contribution < -0.4 is 5.14 Å². The van der Waals surface area contributed by atoms with Gasteiger partial charge < -0.3 is 0 Å². The van der Waals surface area contributed by atoms with E-state index in [-0.39, 0.29) is 9.79 Å². The molecule has 15 heavy (non-hydrogen) atoms. The van der Waals surface area contributed by atoms with Crippen LogP contribution in [-0.2, 0) is 10.0 Å². The summed E-state index contributed by atoms with van der Waals surface area (Å²) in [4.78, 5) is 0.271. The van der Waals surface area contributed by atoms with Crippen LogP contribution in [0.4, 0.5) is 0 Å². The Hall–Kier alpha value is -1.17.